The van der Waals surface area contributed by atoms with Crippen LogP contribution in [0.1, 0.15) is 37.3 Å². The third-order valence-corrected chi connectivity index (χ3v) is 6.68. The van der Waals surface area contributed by atoms with Crippen molar-refractivity contribution in [2.45, 2.75) is 37.2 Å². The Morgan fingerprint density at radius 1 is 1.21 bits per heavy atom. The maximum absolute atomic E-state index is 12.6. The van der Waals surface area contributed by atoms with E-state index < -0.39 is 27.4 Å². The monoisotopic (exact) mass is 474 g/mol. The van der Waals surface area contributed by atoms with Crippen LogP contribution in [0.2, 0.25) is 10.0 Å². The molecule has 2 heterocycles. The zero-order valence-electron chi connectivity index (χ0n) is 15.1. The van der Waals surface area contributed by atoms with Gasteiger partial charge in [-0.2, -0.15) is 21.6 Å². The fourth-order valence-electron chi connectivity index (χ4n) is 3.78. The quantitative estimate of drug-likeness (QED) is 0.517. The minimum Gasteiger partial charge on any atom is -0.376 e. The van der Waals surface area contributed by atoms with Crippen LogP contribution >= 0.6 is 23.2 Å². The Morgan fingerprint density at radius 2 is 1.86 bits per heavy atom. The third-order valence-electron chi connectivity index (χ3n) is 5.08. The number of amides is 1. The molecule has 1 aromatic rings. The van der Waals surface area contributed by atoms with Crippen LogP contribution in [0, 0.1) is 5.92 Å². The second-order valence-corrected chi connectivity index (χ2v) is 9.38. The topological polar surface area (TPSA) is 75.7 Å². The van der Waals surface area contributed by atoms with Crippen LogP contribution in [-0.4, -0.2) is 44.4 Å². The minimum absolute atomic E-state index is 0.0118. The van der Waals surface area contributed by atoms with Gasteiger partial charge in [-0.05, 0) is 31.7 Å². The fraction of sp³-hybridized carbons (Fsp3) is 0.588. The summed E-state index contributed by atoms with van der Waals surface area (Å²) < 4.78 is 64.4. The molecule has 29 heavy (non-hydrogen) atoms. The molecular weight excluding hydrogens is 456 g/mol. The van der Waals surface area contributed by atoms with Crippen LogP contribution in [0.15, 0.2) is 12.1 Å². The molecule has 0 aliphatic carbocycles. The van der Waals surface area contributed by atoms with Crippen molar-refractivity contribution in [2.24, 2.45) is 5.92 Å². The molecule has 3 rings (SSSR count). The molecule has 2 unspecified atom stereocenters. The lowest BCUT2D eigenvalue weighted by atomic mass is 9.89. The lowest BCUT2D eigenvalue weighted by Gasteiger charge is -2.39. The predicted molar refractivity (Wildman–Crippen MR) is 101 cm³/mol. The van der Waals surface area contributed by atoms with E-state index in [0.29, 0.717) is 25.1 Å². The lowest BCUT2D eigenvalue weighted by Crippen LogP contribution is -2.42. The zero-order chi connectivity index (χ0) is 21.4. The molecule has 2 saturated heterocycles. The summed E-state index contributed by atoms with van der Waals surface area (Å²) in [7, 11) is -5.85. The van der Waals surface area contributed by atoms with Gasteiger partial charge in [-0.1, -0.05) is 23.2 Å². The Balaban J connectivity index is 1.99. The van der Waals surface area contributed by atoms with Crippen LogP contribution in [-0.2, 0) is 14.9 Å². The number of halogens is 5. The number of carbonyl (C=O) groups excluding carboxylic acids is 1. The van der Waals surface area contributed by atoms with Gasteiger partial charge in [0.1, 0.15) is 5.75 Å². The number of rotatable bonds is 5. The molecule has 0 saturated carbocycles. The molecule has 1 aromatic carbocycles. The van der Waals surface area contributed by atoms with Crippen LogP contribution in [0.4, 0.5) is 13.2 Å². The van der Waals surface area contributed by atoms with Gasteiger partial charge in [0.2, 0.25) is 5.91 Å². The second-order valence-electron chi connectivity index (χ2n) is 7.03. The Kier molecular flexibility index (Phi) is 6.57. The van der Waals surface area contributed by atoms with Crippen molar-refractivity contribution < 1.29 is 30.6 Å². The van der Waals surface area contributed by atoms with Gasteiger partial charge in [-0.3, -0.25) is 4.79 Å². The number of carbonyl (C=O) groups is 1. The summed E-state index contributed by atoms with van der Waals surface area (Å²) in [4.78, 5) is 14.3. The highest BCUT2D eigenvalue weighted by atomic mass is 35.5. The van der Waals surface area contributed by atoms with E-state index in [0.717, 1.165) is 37.9 Å². The first kappa shape index (κ1) is 22.5. The average molecular weight is 475 g/mol. The van der Waals surface area contributed by atoms with Gasteiger partial charge in [-0.15, -0.1) is 0 Å². The molecule has 1 amide bonds. The lowest BCUT2D eigenvalue weighted by molar-refractivity contribution is -0.137. The normalized spacial score (nSPS) is 22.0. The molecule has 2 aliphatic heterocycles. The summed E-state index contributed by atoms with van der Waals surface area (Å²) in [6, 6.07) is 1.50. The Labute approximate surface area is 176 Å². The first-order valence-electron chi connectivity index (χ1n) is 9.01. The predicted octanol–water partition coefficient (Wildman–Crippen LogP) is 3.88. The van der Waals surface area contributed by atoms with Crippen molar-refractivity contribution in [1.29, 1.82) is 0 Å². The van der Waals surface area contributed by atoms with Crippen molar-refractivity contribution in [3.63, 3.8) is 0 Å². The number of nitrogens with one attached hydrogen (secondary N) is 1. The zero-order valence-corrected chi connectivity index (χ0v) is 17.5. The molecule has 162 valence electrons. The van der Waals surface area contributed by atoms with Gasteiger partial charge in [0.05, 0.1) is 16.1 Å². The molecule has 2 aliphatic rings. The van der Waals surface area contributed by atoms with Crippen LogP contribution < -0.4 is 9.50 Å². The fourth-order valence-corrected chi connectivity index (χ4v) is 4.91. The van der Waals surface area contributed by atoms with E-state index in [1.807, 2.05) is 0 Å². The number of likely N-dealkylation sites (tertiary alicyclic amines) is 1. The highest BCUT2D eigenvalue weighted by Crippen LogP contribution is 2.43. The number of benzene rings is 1. The van der Waals surface area contributed by atoms with Crippen molar-refractivity contribution >= 4 is 39.2 Å². The van der Waals surface area contributed by atoms with Crippen molar-refractivity contribution in [3.8, 4) is 5.75 Å². The van der Waals surface area contributed by atoms with Crippen molar-refractivity contribution in [2.75, 3.05) is 19.6 Å². The minimum atomic E-state index is -5.85. The van der Waals surface area contributed by atoms with E-state index >= 15 is 0 Å². The van der Waals surface area contributed by atoms with Crippen LogP contribution in [0.3, 0.4) is 0 Å². The standard InChI is InChI=1S/C17H19Cl2F3N2O4S/c18-12-7-11(28-29(26,27)17(20,21)22)8-13(19)15(12)16(10-4-5-23-9-10)24-6-2-1-3-14(24)25/h7-8,10,16,23H,1-6,9H2. The largest absolute Gasteiger partial charge is 0.534 e. The Bertz CT molecular complexity index is 866. The number of hydrogen-bond donors (Lipinski definition) is 1. The molecule has 6 nitrogen and oxygen atoms in total. The first-order valence-corrected chi connectivity index (χ1v) is 11.2. The highest BCUT2D eigenvalue weighted by Gasteiger charge is 2.48. The summed E-state index contributed by atoms with van der Waals surface area (Å²) in [5, 5.41) is 3.11. The molecule has 12 heteroatoms. The Hall–Kier alpha value is -1.23. The van der Waals surface area contributed by atoms with Gasteiger partial charge in [0, 0.05) is 37.2 Å². The van der Waals surface area contributed by atoms with E-state index in [1.54, 1.807) is 4.90 Å². The SMILES string of the molecule is O=C1CCCCN1C(c1c(Cl)cc(OS(=O)(=O)C(F)(F)F)cc1Cl)C1CCNC1. The van der Waals surface area contributed by atoms with E-state index in [-0.39, 0.29) is 21.9 Å². The number of alkyl halides is 3. The molecule has 0 spiro atoms. The maximum atomic E-state index is 12.6. The van der Waals surface area contributed by atoms with Crippen LogP contribution in [0.25, 0.3) is 0 Å². The van der Waals surface area contributed by atoms with Gasteiger partial charge >= 0.3 is 15.6 Å². The molecule has 2 fully saturated rings. The van der Waals surface area contributed by atoms with Crippen molar-refractivity contribution in [3.05, 3.63) is 27.7 Å². The average Bonchev–Trinajstić information content (AvgIpc) is 3.12. The summed E-state index contributed by atoms with van der Waals surface area (Å²) in [6.45, 7) is 1.90. The Morgan fingerprint density at radius 3 is 2.38 bits per heavy atom. The maximum Gasteiger partial charge on any atom is 0.534 e. The van der Waals surface area contributed by atoms with E-state index in [1.165, 1.54) is 0 Å². The number of hydrogen-bond acceptors (Lipinski definition) is 5. The second kappa shape index (κ2) is 8.49. The molecular formula is C17H19Cl2F3N2O4S. The first-order chi connectivity index (χ1) is 13.5. The van der Waals surface area contributed by atoms with Crippen LogP contribution in [0.5, 0.6) is 5.75 Å². The van der Waals surface area contributed by atoms with Gasteiger partial charge in [0.25, 0.3) is 0 Å². The smallest absolute Gasteiger partial charge is 0.376 e. The summed E-state index contributed by atoms with van der Waals surface area (Å²) in [5.41, 5.74) is -5.20. The van der Waals surface area contributed by atoms with Gasteiger partial charge in [-0.25, -0.2) is 0 Å². The van der Waals surface area contributed by atoms with Gasteiger partial charge < -0.3 is 14.4 Å². The van der Waals surface area contributed by atoms with E-state index in [2.05, 4.69) is 9.50 Å². The summed E-state index contributed by atoms with van der Waals surface area (Å²) in [5.74, 6) is -0.674. The molecule has 1 N–H and O–H groups in total. The van der Waals surface area contributed by atoms with E-state index in [4.69, 9.17) is 23.2 Å². The molecule has 0 radical (unpaired) electrons. The van der Waals surface area contributed by atoms with Gasteiger partial charge in [0.15, 0.2) is 0 Å². The summed E-state index contributed by atoms with van der Waals surface area (Å²) >= 11 is 12.6. The summed E-state index contributed by atoms with van der Waals surface area (Å²) in [6.07, 6.45) is 2.77. The number of piperidine rings is 1. The number of nitrogens with zero attached hydrogens (tertiary/aromatic N) is 1. The molecule has 0 aromatic heterocycles. The third kappa shape index (κ3) is 4.76. The molecule has 2 atom stereocenters. The van der Waals surface area contributed by atoms with Crippen molar-refractivity contribution in [1.82, 2.24) is 10.2 Å². The highest BCUT2D eigenvalue weighted by molar-refractivity contribution is 7.88. The molecule has 0 bridgehead atoms. The van der Waals surface area contributed by atoms with E-state index in [9.17, 15) is 26.4 Å².